The minimum absolute atomic E-state index is 0.216. The van der Waals surface area contributed by atoms with Crippen LogP contribution in [0.5, 0.6) is 6.01 Å². The predicted octanol–water partition coefficient (Wildman–Crippen LogP) is 0.264. The molecule has 8 heteroatoms. The highest BCUT2D eigenvalue weighted by atomic mass is 16.5. The number of rotatable bonds is 6. The van der Waals surface area contributed by atoms with Gasteiger partial charge in [-0.25, -0.2) is 0 Å². The highest BCUT2D eigenvalue weighted by Gasteiger charge is 2.39. The molecule has 0 amide bonds. The number of anilines is 2. The summed E-state index contributed by atoms with van der Waals surface area (Å²) in [5.74, 6) is 0.772. The standard InChI is InChI=1S/C12H21N5O3/c1-4-19-11-16-9(13-3)15-10(17-11)14-7-12(18)5-6-20-8(12)2/h8,18H,4-7H2,1-3H3,(H2,13,14,15,16,17). The Labute approximate surface area is 117 Å². The summed E-state index contributed by atoms with van der Waals surface area (Å²) in [6.45, 7) is 5.06. The van der Waals surface area contributed by atoms with E-state index in [1.165, 1.54) is 0 Å². The summed E-state index contributed by atoms with van der Waals surface area (Å²) >= 11 is 0. The van der Waals surface area contributed by atoms with Crippen molar-refractivity contribution >= 4 is 11.9 Å². The van der Waals surface area contributed by atoms with Crippen LogP contribution in [-0.2, 0) is 4.74 Å². The lowest BCUT2D eigenvalue weighted by Gasteiger charge is -2.26. The molecule has 2 heterocycles. The average molecular weight is 283 g/mol. The van der Waals surface area contributed by atoms with E-state index in [2.05, 4.69) is 25.6 Å². The van der Waals surface area contributed by atoms with E-state index in [4.69, 9.17) is 9.47 Å². The minimum atomic E-state index is -0.905. The van der Waals surface area contributed by atoms with Crippen molar-refractivity contribution in [3.8, 4) is 6.01 Å². The first kappa shape index (κ1) is 14.7. The predicted molar refractivity (Wildman–Crippen MR) is 74.0 cm³/mol. The number of nitrogens with one attached hydrogen (secondary N) is 2. The number of hydrogen-bond donors (Lipinski definition) is 3. The second-order valence-corrected chi connectivity index (χ2v) is 4.67. The summed E-state index contributed by atoms with van der Waals surface area (Å²) in [4.78, 5) is 12.4. The molecule has 1 fully saturated rings. The lowest BCUT2D eigenvalue weighted by Crippen LogP contribution is -2.43. The Morgan fingerprint density at radius 3 is 2.75 bits per heavy atom. The summed E-state index contributed by atoms with van der Waals surface area (Å²) in [6, 6.07) is 0.247. The van der Waals surface area contributed by atoms with Crippen LogP contribution >= 0.6 is 0 Å². The van der Waals surface area contributed by atoms with Crippen molar-refractivity contribution < 1.29 is 14.6 Å². The molecule has 1 aromatic heterocycles. The number of nitrogens with zero attached hydrogens (tertiary/aromatic N) is 3. The molecule has 0 spiro atoms. The van der Waals surface area contributed by atoms with Gasteiger partial charge < -0.3 is 25.2 Å². The zero-order valence-electron chi connectivity index (χ0n) is 12.0. The molecule has 0 saturated carbocycles. The smallest absolute Gasteiger partial charge is 0.323 e. The Morgan fingerprint density at radius 2 is 2.15 bits per heavy atom. The zero-order valence-corrected chi connectivity index (χ0v) is 12.0. The molecule has 112 valence electrons. The Balaban J connectivity index is 2.06. The highest BCUT2D eigenvalue weighted by Crippen LogP contribution is 2.25. The maximum Gasteiger partial charge on any atom is 0.323 e. The third-order valence-corrected chi connectivity index (χ3v) is 3.32. The minimum Gasteiger partial charge on any atom is -0.464 e. The van der Waals surface area contributed by atoms with Gasteiger partial charge in [0.2, 0.25) is 11.9 Å². The number of hydrogen-bond acceptors (Lipinski definition) is 8. The first-order valence-corrected chi connectivity index (χ1v) is 6.72. The number of aliphatic hydroxyl groups is 1. The molecule has 8 nitrogen and oxygen atoms in total. The van der Waals surface area contributed by atoms with E-state index in [0.29, 0.717) is 38.1 Å². The molecule has 1 aliphatic rings. The fourth-order valence-corrected chi connectivity index (χ4v) is 1.98. The van der Waals surface area contributed by atoms with Gasteiger partial charge in [-0.15, -0.1) is 0 Å². The number of ether oxygens (including phenoxy) is 2. The van der Waals surface area contributed by atoms with Gasteiger partial charge in [-0.1, -0.05) is 0 Å². The summed E-state index contributed by atoms with van der Waals surface area (Å²) in [7, 11) is 1.72. The van der Waals surface area contributed by atoms with Gasteiger partial charge in [-0.2, -0.15) is 15.0 Å². The fraction of sp³-hybridized carbons (Fsp3) is 0.750. The van der Waals surface area contributed by atoms with Gasteiger partial charge >= 0.3 is 6.01 Å². The maximum atomic E-state index is 10.4. The van der Waals surface area contributed by atoms with Gasteiger partial charge in [-0.3, -0.25) is 0 Å². The molecule has 2 rings (SSSR count). The monoisotopic (exact) mass is 283 g/mol. The van der Waals surface area contributed by atoms with Crippen LogP contribution in [0.4, 0.5) is 11.9 Å². The first-order valence-electron chi connectivity index (χ1n) is 6.72. The number of aromatic nitrogens is 3. The SMILES string of the molecule is CCOc1nc(NC)nc(NCC2(O)CCOC2C)n1. The van der Waals surface area contributed by atoms with Crippen LogP contribution in [0.2, 0.25) is 0 Å². The van der Waals surface area contributed by atoms with Gasteiger partial charge in [0.15, 0.2) is 0 Å². The summed E-state index contributed by atoms with van der Waals surface area (Å²) < 4.78 is 10.7. The van der Waals surface area contributed by atoms with Crippen molar-refractivity contribution in [2.45, 2.75) is 32.0 Å². The third kappa shape index (κ3) is 3.26. The molecule has 0 aliphatic carbocycles. The molecular formula is C12H21N5O3. The van der Waals surface area contributed by atoms with Crippen molar-refractivity contribution in [2.75, 3.05) is 37.4 Å². The summed E-state index contributed by atoms with van der Waals surface area (Å²) in [5, 5.41) is 16.3. The van der Waals surface area contributed by atoms with E-state index in [0.717, 1.165) is 0 Å². The van der Waals surface area contributed by atoms with Gasteiger partial charge in [-0.05, 0) is 13.8 Å². The largest absolute Gasteiger partial charge is 0.464 e. The van der Waals surface area contributed by atoms with E-state index in [1.807, 2.05) is 13.8 Å². The van der Waals surface area contributed by atoms with Crippen molar-refractivity contribution in [2.24, 2.45) is 0 Å². The molecule has 2 atom stereocenters. The Kier molecular flexibility index (Phi) is 4.56. The molecule has 20 heavy (non-hydrogen) atoms. The van der Waals surface area contributed by atoms with Crippen LogP contribution in [0.1, 0.15) is 20.3 Å². The molecule has 1 aromatic rings. The second kappa shape index (κ2) is 6.19. The van der Waals surface area contributed by atoms with Gasteiger partial charge in [0.1, 0.15) is 5.60 Å². The van der Waals surface area contributed by atoms with E-state index >= 15 is 0 Å². The van der Waals surface area contributed by atoms with Crippen LogP contribution in [-0.4, -0.2) is 58.6 Å². The van der Waals surface area contributed by atoms with Crippen LogP contribution in [0.3, 0.4) is 0 Å². The molecule has 0 radical (unpaired) electrons. The summed E-state index contributed by atoms with van der Waals surface area (Å²) in [5.41, 5.74) is -0.905. The van der Waals surface area contributed by atoms with Crippen LogP contribution < -0.4 is 15.4 Å². The van der Waals surface area contributed by atoms with Gasteiger partial charge in [0.05, 0.1) is 12.7 Å². The van der Waals surface area contributed by atoms with E-state index in [9.17, 15) is 5.11 Å². The molecule has 1 aliphatic heterocycles. The molecular weight excluding hydrogens is 262 g/mol. The third-order valence-electron chi connectivity index (χ3n) is 3.32. The molecule has 3 N–H and O–H groups in total. The zero-order chi connectivity index (χ0) is 14.6. The van der Waals surface area contributed by atoms with E-state index in [1.54, 1.807) is 7.05 Å². The van der Waals surface area contributed by atoms with Crippen molar-refractivity contribution in [1.82, 2.24) is 15.0 Å². The molecule has 1 saturated heterocycles. The van der Waals surface area contributed by atoms with Gasteiger partial charge in [0.25, 0.3) is 0 Å². The fourth-order valence-electron chi connectivity index (χ4n) is 1.98. The lowest BCUT2D eigenvalue weighted by molar-refractivity contribution is -0.0177. The van der Waals surface area contributed by atoms with Crippen LogP contribution in [0.25, 0.3) is 0 Å². The molecule has 0 bridgehead atoms. The normalized spacial score (nSPS) is 25.5. The van der Waals surface area contributed by atoms with Gasteiger partial charge in [0, 0.05) is 26.6 Å². The van der Waals surface area contributed by atoms with Crippen LogP contribution in [0, 0.1) is 0 Å². The van der Waals surface area contributed by atoms with Crippen molar-refractivity contribution in [3.63, 3.8) is 0 Å². The van der Waals surface area contributed by atoms with E-state index < -0.39 is 5.60 Å². The summed E-state index contributed by atoms with van der Waals surface area (Å²) in [6.07, 6.45) is 0.371. The highest BCUT2D eigenvalue weighted by molar-refractivity contribution is 5.35. The first-order chi connectivity index (χ1) is 9.57. The lowest BCUT2D eigenvalue weighted by atomic mass is 9.97. The van der Waals surface area contributed by atoms with Crippen molar-refractivity contribution in [3.05, 3.63) is 0 Å². The maximum absolute atomic E-state index is 10.4. The Bertz CT molecular complexity index is 459. The average Bonchev–Trinajstić information content (AvgIpc) is 2.77. The van der Waals surface area contributed by atoms with Crippen LogP contribution in [0.15, 0.2) is 0 Å². The quantitative estimate of drug-likeness (QED) is 0.683. The molecule has 0 aromatic carbocycles. The van der Waals surface area contributed by atoms with E-state index in [-0.39, 0.29) is 12.1 Å². The second-order valence-electron chi connectivity index (χ2n) is 4.67. The Hall–Kier alpha value is -1.67. The van der Waals surface area contributed by atoms with Crippen molar-refractivity contribution in [1.29, 1.82) is 0 Å². The Morgan fingerprint density at radius 1 is 1.40 bits per heavy atom. The molecule has 2 unspecified atom stereocenters. The topological polar surface area (TPSA) is 101 Å².